The third-order valence-electron chi connectivity index (χ3n) is 2.66. The summed E-state index contributed by atoms with van der Waals surface area (Å²) in [5.41, 5.74) is 2.07. The van der Waals surface area contributed by atoms with Crippen LogP contribution in [0, 0.1) is 0 Å². The van der Waals surface area contributed by atoms with Crippen LogP contribution in [0.25, 0.3) is 0 Å². The van der Waals surface area contributed by atoms with Crippen molar-refractivity contribution in [2.45, 2.75) is 13.0 Å². The van der Waals surface area contributed by atoms with Gasteiger partial charge in [-0.2, -0.15) is 0 Å². The Bertz CT molecular complexity index is 499. The Hall–Kier alpha value is -2.00. The number of para-hydroxylation sites is 2. The number of anilines is 1. The molecule has 0 amide bonds. The van der Waals surface area contributed by atoms with Crippen molar-refractivity contribution in [1.82, 2.24) is 0 Å². The van der Waals surface area contributed by atoms with Gasteiger partial charge < -0.3 is 14.8 Å². The second-order valence-electron chi connectivity index (χ2n) is 3.88. The summed E-state index contributed by atoms with van der Waals surface area (Å²) in [5.74, 6) is 0.882. The first kappa shape index (κ1) is 10.2. The summed E-state index contributed by atoms with van der Waals surface area (Å²) in [6.45, 7) is 0.570. The zero-order valence-corrected chi connectivity index (χ0v) is 9.30. The highest BCUT2D eigenvalue weighted by Crippen LogP contribution is 2.25. The SMILES string of the molecule is c1ccc(NC2OCc3ccccc3O2)cc1. The van der Waals surface area contributed by atoms with Gasteiger partial charge in [0.05, 0.1) is 6.61 Å². The van der Waals surface area contributed by atoms with Gasteiger partial charge in [0.2, 0.25) is 0 Å². The van der Waals surface area contributed by atoms with Gasteiger partial charge >= 0.3 is 0 Å². The molecule has 0 aliphatic carbocycles. The molecule has 0 spiro atoms. The van der Waals surface area contributed by atoms with Gasteiger partial charge in [0.25, 0.3) is 6.41 Å². The minimum absolute atomic E-state index is 0.424. The quantitative estimate of drug-likeness (QED) is 0.855. The molecular formula is C14H13NO2. The molecule has 3 rings (SSSR count). The maximum atomic E-state index is 5.70. The lowest BCUT2D eigenvalue weighted by atomic mass is 10.2. The van der Waals surface area contributed by atoms with Gasteiger partial charge in [-0.05, 0) is 18.2 Å². The van der Waals surface area contributed by atoms with E-state index in [9.17, 15) is 0 Å². The molecule has 1 N–H and O–H groups in total. The summed E-state index contributed by atoms with van der Waals surface area (Å²) in [5, 5.41) is 3.18. The summed E-state index contributed by atoms with van der Waals surface area (Å²) >= 11 is 0. The van der Waals surface area contributed by atoms with Crippen molar-refractivity contribution in [2.75, 3.05) is 5.32 Å². The number of hydrogen-bond acceptors (Lipinski definition) is 3. The maximum absolute atomic E-state index is 5.70. The second kappa shape index (κ2) is 4.47. The first-order chi connectivity index (χ1) is 8.42. The summed E-state index contributed by atoms with van der Waals surface area (Å²) in [6, 6.07) is 17.8. The van der Waals surface area contributed by atoms with Gasteiger partial charge in [0, 0.05) is 11.3 Å². The molecule has 1 heterocycles. The highest BCUT2D eigenvalue weighted by Gasteiger charge is 2.18. The summed E-state index contributed by atoms with van der Waals surface area (Å²) in [6.07, 6.45) is -0.424. The summed E-state index contributed by atoms with van der Waals surface area (Å²) in [4.78, 5) is 0. The highest BCUT2D eigenvalue weighted by atomic mass is 16.7. The van der Waals surface area contributed by atoms with Crippen molar-refractivity contribution < 1.29 is 9.47 Å². The van der Waals surface area contributed by atoms with E-state index in [-0.39, 0.29) is 0 Å². The van der Waals surface area contributed by atoms with Crippen LogP contribution in [0.4, 0.5) is 5.69 Å². The molecule has 0 bridgehead atoms. The van der Waals surface area contributed by atoms with Crippen molar-refractivity contribution in [2.24, 2.45) is 0 Å². The molecule has 17 heavy (non-hydrogen) atoms. The van der Waals surface area contributed by atoms with Crippen LogP contribution in [0.3, 0.4) is 0 Å². The van der Waals surface area contributed by atoms with Gasteiger partial charge in [-0.15, -0.1) is 0 Å². The van der Waals surface area contributed by atoms with E-state index in [1.807, 2.05) is 54.6 Å². The van der Waals surface area contributed by atoms with Crippen molar-refractivity contribution in [3.05, 3.63) is 60.2 Å². The topological polar surface area (TPSA) is 30.5 Å². The molecule has 0 saturated heterocycles. The molecule has 86 valence electrons. The Morgan fingerprint density at radius 3 is 2.59 bits per heavy atom. The lowest BCUT2D eigenvalue weighted by Crippen LogP contribution is -2.32. The molecule has 1 aliphatic rings. The van der Waals surface area contributed by atoms with Crippen molar-refractivity contribution in [3.63, 3.8) is 0 Å². The number of ether oxygens (including phenoxy) is 2. The molecule has 0 fully saturated rings. The monoisotopic (exact) mass is 227 g/mol. The lowest BCUT2D eigenvalue weighted by Gasteiger charge is -2.27. The fourth-order valence-electron chi connectivity index (χ4n) is 1.79. The average Bonchev–Trinajstić information content (AvgIpc) is 2.40. The van der Waals surface area contributed by atoms with Crippen molar-refractivity contribution in [1.29, 1.82) is 0 Å². The van der Waals surface area contributed by atoms with Crippen molar-refractivity contribution >= 4 is 5.69 Å². The Balaban J connectivity index is 1.72. The van der Waals surface area contributed by atoms with Crippen LogP contribution in [-0.4, -0.2) is 6.41 Å². The molecule has 3 nitrogen and oxygen atoms in total. The van der Waals surface area contributed by atoms with Crippen LogP contribution in [0.2, 0.25) is 0 Å². The smallest absolute Gasteiger partial charge is 0.281 e. The van der Waals surface area contributed by atoms with E-state index in [1.165, 1.54) is 0 Å². The first-order valence-electron chi connectivity index (χ1n) is 5.59. The zero-order valence-electron chi connectivity index (χ0n) is 9.30. The van der Waals surface area contributed by atoms with Crippen LogP contribution in [0.1, 0.15) is 5.56 Å². The van der Waals surface area contributed by atoms with Crippen LogP contribution in [-0.2, 0) is 11.3 Å². The summed E-state index contributed by atoms with van der Waals surface area (Å²) < 4.78 is 11.3. The molecule has 2 aromatic rings. The van der Waals surface area contributed by atoms with Crippen molar-refractivity contribution in [3.8, 4) is 5.75 Å². The Kier molecular flexibility index (Phi) is 2.68. The standard InChI is InChI=1S/C14H13NO2/c1-2-7-12(8-3-1)15-14-16-10-11-6-4-5-9-13(11)17-14/h1-9,14-15H,10H2. The molecule has 0 saturated carbocycles. The fourth-order valence-corrected chi connectivity index (χ4v) is 1.79. The molecule has 1 aliphatic heterocycles. The third-order valence-corrected chi connectivity index (χ3v) is 2.66. The van der Waals surface area contributed by atoms with Crippen LogP contribution >= 0.6 is 0 Å². The van der Waals surface area contributed by atoms with Gasteiger partial charge in [0.1, 0.15) is 5.75 Å². The van der Waals surface area contributed by atoms with E-state index >= 15 is 0 Å². The van der Waals surface area contributed by atoms with Gasteiger partial charge in [-0.25, -0.2) is 0 Å². The number of fused-ring (bicyclic) bond motifs is 1. The predicted octanol–water partition coefficient (Wildman–Crippen LogP) is 2.99. The minimum Gasteiger partial charge on any atom is -0.446 e. The van der Waals surface area contributed by atoms with Gasteiger partial charge in [-0.1, -0.05) is 36.4 Å². The van der Waals surface area contributed by atoms with E-state index in [4.69, 9.17) is 9.47 Å². The fraction of sp³-hybridized carbons (Fsp3) is 0.143. The molecule has 1 atom stereocenters. The Morgan fingerprint density at radius 1 is 0.941 bits per heavy atom. The zero-order chi connectivity index (χ0) is 11.5. The Labute approximate surface area is 100.0 Å². The van der Waals surface area contributed by atoms with E-state index in [2.05, 4.69) is 5.32 Å². The largest absolute Gasteiger partial charge is 0.446 e. The number of nitrogens with one attached hydrogen (secondary N) is 1. The molecule has 1 unspecified atom stereocenters. The van der Waals surface area contributed by atoms with E-state index < -0.39 is 6.41 Å². The molecular weight excluding hydrogens is 214 g/mol. The second-order valence-corrected chi connectivity index (χ2v) is 3.88. The van der Waals surface area contributed by atoms with Crippen LogP contribution in [0.5, 0.6) is 5.75 Å². The van der Waals surface area contributed by atoms with E-state index in [1.54, 1.807) is 0 Å². The number of rotatable bonds is 2. The van der Waals surface area contributed by atoms with Gasteiger partial charge in [0.15, 0.2) is 0 Å². The Morgan fingerprint density at radius 2 is 1.71 bits per heavy atom. The van der Waals surface area contributed by atoms with Gasteiger partial charge in [-0.3, -0.25) is 0 Å². The van der Waals surface area contributed by atoms with E-state index in [0.29, 0.717) is 6.61 Å². The molecule has 3 heteroatoms. The number of benzene rings is 2. The molecule has 2 aromatic carbocycles. The van der Waals surface area contributed by atoms with E-state index in [0.717, 1.165) is 17.0 Å². The number of hydrogen-bond donors (Lipinski definition) is 1. The maximum Gasteiger partial charge on any atom is 0.281 e. The third kappa shape index (κ3) is 2.24. The average molecular weight is 227 g/mol. The molecule has 0 radical (unpaired) electrons. The molecule has 0 aromatic heterocycles. The summed E-state index contributed by atoms with van der Waals surface area (Å²) in [7, 11) is 0. The lowest BCUT2D eigenvalue weighted by molar-refractivity contribution is -0.0879. The minimum atomic E-state index is -0.424. The highest BCUT2D eigenvalue weighted by molar-refractivity contribution is 5.43. The first-order valence-corrected chi connectivity index (χ1v) is 5.59. The van der Waals surface area contributed by atoms with Crippen LogP contribution in [0.15, 0.2) is 54.6 Å². The normalized spacial score (nSPS) is 18.0. The van der Waals surface area contributed by atoms with Crippen LogP contribution < -0.4 is 10.1 Å². The predicted molar refractivity (Wildman–Crippen MR) is 65.7 cm³/mol.